The van der Waals surface area contributed by atoms with E-state index < -0.39 is 0 Å². The summed E-state index contributed by atoms with van der Waals surface area (Å²) < 4.78 is 5.37. The fraction of sp³-hybridized carbons (Fsp3) is 0.533. The first-order valence-electron chi connectivity index (χ1n) is 7.00. The van der Waals surface area contributed by atoms with Crippen molar-refractivity contribution in [2.45, 2.75) is 26.3 Å². The lowest BCUT2D eigenvalue weighted by atomic mass is 9.83. The van der Waals surface area contributed by atoms with Crippen LogP contribution < -0.4 is 0 Å². The maximum Gasteiger partial charge on any atom is 0.162 e. The number of aliphatic hydroxyl groups excluding tert-OH is 1. The van der Waals surface area contributed by atoms with E-state index in [1.807, 2.05) is 12.1 Å². The minimum absolute atomic E-state index is 0.0398. The Morgan fingerprint density at radius 2 is 2.45 bits per heavy atom. The van der Waals surface area contributed by atoms with E-state index >= 15 is 0 Å². The van der Waals surface area contributed by atoms with Crippen LogP contribution in [0.2, 0.25) is 0 Å². The first-order valence-corrected chi connectivity index (χ1v) is 7.88. The summed E-state index contributed by atoms with van der Waals surface area (Å²) in [6.45, 7) is 5.31. The van der Waals surface area contributed by atoms with Gasteiger partial charge < -0.3 is 9.52 Å². The van der Waals surface area contributed by atoms with Gasteiger partial charge in [-0.15, -0.1) is 11.3 Å². The molecule has 0 radical (unpaired) electrons. The number of hydrogen-bond acceptors (Lipinski definition) is 5. The van der Waals surface area contributed by atoms with E-state index in [1.54, 1.807) is 17.6 Å². The molecule has 1 saturated heterocycles. The molecule has 0 spiro atoms. The summed E-state index contributed by atoms with van der Waals surface area (Å²) in [6.07, 6.45) is 3.93. The molecule has 5 heteroatoms. The molecular weight excluding hydrogens is 272 g/mol. The summed E-state index contributed by atoms with van der Waals surface area (Å²) in [5.74, 6) is 0.833. The first-order chi connectivity index (χ1) is 9.68. The van der Waals surface area contributed by atoms with E-state index in [1.165, 1.54) is 0 Å². The summed E-state index contributed by atoms with van der Waals surface area (Å²) in [5, 5.41) is 12.5. The van der Waals surface area contributed by atoms with Gasteiger partial charge in [0.25, 0.3) is 0 Å². The molecule has 3 heterocycles. The number of aliphatic hydroxyl groups is 1. The van der Waals surface area contributed by atoms with Crippen LogP contribution in [0.3, 0.4) is 0 Å². The van der Waals surface area contributed by atoms with E-state index in [4.69, 9.17) is 4.42 Å². The van der Waals surface area contributed by atoms with Gasteiger partial charge in [-0.25, -0.2) is 4.98 Å². The van der Waals surface area contributed by atoms with Gasteiger partial charge in [0.05, 0.1) is 12.0 Å². The Labute approximate surface area is 123 Å². The molecule has 1 unspecified atom stereocenters. The molecule has 0 saturated carbocycles. The molecule has 2 aromatic heterocycles. The van der Waals surface area contributed by atoms with Crippen molar-refractivity contribution < 1.29 is 9.52 Å². The van der Waals surface area contributed by atoms with Gasteiger partial charge in [0, 0.05) is 30.5 Å². The Balaban J connectivity index is 1.66. The number of furan rings is 1. The summed E-state index contributed by atoms with van der Waals surface area (Å²) >= 11 is 1.62. The molecule has 0 amide bonds. The standard InChI is InChI=1S/C15H20N2O2S/c1-15(11-18)5-3-6-17(10-15)8-12-9-20-14(16-12)13-4-2-7-19-13/h2,4,7,9,18H,3,5-6,8,10-11H2,1H3. The smallest absolute Gasteiger partial charge is 0.162 e. The number of hydrogen-bond donors (Lipinski definition) is 1. The highest BCUT2D eigenvalue weighted by Gasteiger charge is 2.30. The van der Waals surface area contributed by atoms with E-state index in [0.29, 0.717) is 0 Å². The van der Waals surface area contributed by atoms with Crippen LogP contribution in [-0.2, 0) is 6.54 Å². The van der Waals surface area contributed by atoms with Crippen molar-refractivity contribution in [3.8, 4) is 10.8 Å². The monoisotopic (exact) mass is 292 g/mol. The normalized spacial score (nSPS) is 24.1. The molecule has 0 aromatic carbocycles. The quantitative estimate of drug-likeness (QED) is 0.941. The number of likely N-dealkylation sites (tertiary alicyclic amines) is 1. The molecule has 1 atom stereocenters. The van der Waals surface area contributed by atoms with E-state index in [9.17, 15) is 5.11 Å². The number of piperidine rings is 1. The van der Waals surface area contributed by atoms with Gasteiger partial charge >= 0.3 is 0 Å². The Morgan fingerprint density at radius 1 is 1.55 bits per heavy atom. The molecule has 1 N–H and O–H groups in total. The summed E-state index contributed by atoms with van der Waals surface area (Å²) in [7, 11) is 0. The van der Waals surface area contributed by atoms with Crippen LogP contribution in [0.1, 0.15) is 25.5 Å². The second-order valence-electron chi connectivity index (χ2n) is 5.90. The fourth-order valence-electron chi connectivity index (χ4n) is 2.81. The van der Waals surface area contributed by atoms with Crippen molar-refractivity contribution in [3.05, 3.63) is 29.5 Å². The first kappa shape index (κ1) is 13.8. The Kier molecular flexibility index (Phi) is 3.92. The third-order valence-electron chi connectivity index (χ3n) is 3.91. The zero-order chi connectivity index (χ0) is 14.0. The van der Waals surface area contributed by atoms with Crippen LogP contribution in [0.5, 0.6) is 0 Å². The summed E-state index contributed by atoms with van der Waals surface area (Å²) in [6, 6.07) is 3.82. The van der Waals surface area contributed by atoms with Crippen LogP contribution >= 0.6 is 11.3 Å². The zero-order valence-corrected chi connectivity index (χ0v) is 12.5. The van der Waals surface area contributed by atoms with Crippen LogP contribution in [0.4, 0.5) is 0 Å². The van der Waals surface area contributed by atoms with Crippen molar-refractivity contribution >= 4 is 11.3 Å². The van der Waals surface area contributed by atoms with Gasteiger partial charge in [-0.05, 0) is 31.5 Å². The average Bonchev–Trinajstić information content (AvgIpc) is 3.09. The van der Waals surface area contributed by atoms with Crippen molar-refractivity contribution in [1.82, 2.24) is 9.88 Å². The molecule has 0 bridgehead atoms. The van der Waals surface area contributed by atoms with Gasteiger partial charge in [-0.1, -0.05) is 6.92 Å². The number of nitrogens with zero attached hydrogens (tertiary/aromatic N) is 2. The van der Waals surface area contributed by atoms with E-state index in [0.717, 1.165) is 48.9 Å². The highest BCUT2D eigenvalue weighted by atomic mass is 32.1. The maximum absolute atomic E-state index is 9.51. The third-order valence-corrected chi connectivity index (χ3v) is 4.82. The van der Waals surface area contributed by atoms with Crippen molar-refractivity contribution in [3.63, 3.8) is 0 Å². The summed E-state index contributed by atoms with van der Waals surface area (Å²) in [4.78, 5) is 7.03. The highest BCUT2D eigenvalue weighted by molar-refractivity contribution is 7.13. The number of aromatic nitrogens is 1. The van der Waals surface area contributed by atoms with Gasteiger partial charge in [0.2, 0.25) is 0 Å². The molecule has 2 aromatic rings. The molecular formula is C15H20N2O2S. The average molecular weight is 292 g/mol. The van der Waals surface area contributed by atoms with Crippen LogP contribution in [0.25, 0.3) is 10.8 Å². The maximum atomic E-state index is 9.51. The van der Waals surface area contributed by atoms with Gasteiger partial charge in [-0.3, -0.25) is 4.90 Å². The second-order valence-corrected chi connectivity index (χ2v) is 6.76. The third kappa shape index (κ3) is 2.95. The van der Waals surface area contributed by atoms with Crippen molar-refractivity contribution in [1.29, 1.82) is 0 Å². The minimum Gasteiger partial charge on any atom is -0.462 e. The van der Waals surface area contributed by atoms with Crippen LogP contribution in [0, 0.1) is 5.41 Å². The van der Waals surface area contributed by atoms with Crippen molar-refractivity contribution in [2.24, 2.45) is 5.41 Å². The lowest BCUT2D eigenvalue weighted by Crippen LogP contribution is -2.43. The fourth-order valence-corrected chi connectivity index (χ4v) is 3.59. The Bertz CT molecular complexity index is 552. The van der Waals surface area contributed by atoms with Crippen molar-refractivity contribution in [2.75, 3.05) is 19.7 Å². The predicted molar refractivity (Wildman–Crippen MR) is 79.5 cm³/mol. The minimum atomic E-state index is 0.0398. The number of rotatable bonds is 4. The predicted octanol–water partition coefficient (Wildman–Crippen LogP) is 3.00. The van der Waals surface area contributed by atoms with Gasteiger partial charge in [0.1, 0.15) is 0 Å². The van der Waals surface area contributed by atoms with Crippen LogP contribution in [0.15, 0.2) is 28.2 Å². The second kappa shape index (κ2) is 5.68. The SMILES string of the molecule is CC1(CO)CCCN(Cc2csc(-c3ccco3)n2)C1. The molecule has 3 rings (SSSR count). The lowest BCUT2D eigenvalue weighted by Gasteiger charge is -2.39. The molecule has 108 valence electrons. The Morgan fingerprint density at radius 3 is 3.20 bits per heavy atom. The molecule has 1 aliphatic rings. The molecule has 1 fully saturated rings. The van der Waals surface area contributed by atoms with Gasteiger partial charge in [0.15, 0.2) is 10.8 Å². The van der Waals surface area contributed by atoms with Gasteiger partial charge in [-0.2, -0.15) is 0 Å². The molecule has 1 aliphatic heterocycles. The molecule has 0 aliphatic carbocycles. The van der Waals surface area contributed by atoms with Crippen LogP contribution in [-0.4, -0.2) is 34.7 Å². The Hall–Kier alpha value is -1.17. The largest absolute Gasteiger partial charge is 0.462 e. The topological polar surface area (TPSA) is 49.5 Å². The van der Waals surface area contributed by atoms with E-state index in [-0.39, 0.29) is 12.0 Å². The number of thiazole rings is 1. The molecule has 4 nitrogen and oxygen atoms in total. The highest BCUT2D eigenvalue weighted by Crippen LogP contribution is 2.30. The lowest BCUT2D eigenvalue weighted by molar-refractivity contribution is 0.0424. The van der Waals surface area contributed by atoms with E-state index in [2.05, 4.69) is 22.2 Å². The molecule has 20 heavy (non-hydrogen) atoms. The summed E-state index contributed by atoms with van der Waals surface area (Å²) in [5.41, 5.74) is 1.13. The zero-order valence-electron chi connectivity index (χ0n) is 11.7.